The Balaban J connectivity index is 1.41. The zero-order chi connectivity index (χ0) is 20.2. The lowest BCUT2D eigenvalue weighted by Crippen LogP contribution is -2.49. The Kier molecular flexibility index (Phi) is 4.36. The second-order valence-electron chi connectivity index (χ2n) is 8.09. The van der Waals surface area contributed by atoms with E-state index in [1.165, 1.54) is 28.3 Å². The highest BCUT2D eigenvalue weighted by Gasteiger charge is 2.32. The summed E-state index contributed by atoms with van der Waals surface area (Å²) in [7, 11) is -1.80. The van der Waals surface area contributed by atoms with E-state index in [1.807, 2.05) is 10.7 Å². The number of nitrogens with zero attached hydrogens (tertiary/aromatic N) is 7. The van der Waals surface area contributed by atoms with Crippen LogP contribution in [0.25, 0.3) is 5.52 Å². The fraction of sp³-hybridized carbons (Fsp3) is 0.526. The molecule has 1 saturated heterocycles. The van der Waals surface area contributed by atoms with Crippen molar-refractivity contribution in [2.45, 2.75) is 31.2 Å². The highest BCUT2D eigenvalue weighted by molar-refractivity contribution is 7.89. The summed E-state index contributed by atoms with van der Waals surface area (Å²) in [6.07, 6.45) is 9.94. The lowest BCUT2D eigenvalue weighted by Gasteiger charge is -2.34. The summed E-state index contributed by atoms with van der Waals surface area (Å²) in [5, 5.41) is 4.88. The largest absolute Gasteiger partial charge is 0.352 e. The van der Waals surface area contributed by atoms with Crippen molar-refractivity contribution in [3.05, 3.63) is 36.2 Å². The Bertz CT molecular complexity index is 1160. The quantitative estimate of drug-likeness (QED) is 0.637. The number of aryl methyl sites for hydroxylation is 2. The number of piperazine rings is 1. The van der Waals surface area contributed by atoms with Crippen LogP contribution in [0.2, 0.25) is 0 Å². The molecule has 0 saturated carbocycles. The summed E-state index contributed by atoms with van der Waals surface area (Å²) in [5.41, 5.74) is 3.55. The first-order valence-electron chi connectivity index (χ1n) is 10.0. The Morgan fingerprint density at radius 2 is 1.93 bits per heavy atom. The Hall–Kier alpha value is -2.46. The minimum atomic E-state index is -3.56. The third-order valence-corrected chi connectivity index (χ3v) is 7.74. The van der Waals surface area contributed by atoms with E-state index in [2.05, 4.69) is 21.8 Å². The summed E-state index contributed by atoms with van der Waals surface area (Å²) in [6.45, 7) is 4.29. The predicted molar refractivity (Wildman–Crippen MR) is 108 cm³/mol. The zero-order valence-electron chi connectivity index (χ0n) is 16.7. The number of hydrogen-bond donors (Lipinski definition) is 0. The van der Waals surface area contributed by atoms with Gasteiger partial charge >= 0.3 is 0 Å². The lowest BCUT2D eigenvalue weighted by molar-refractivity contribution is 0.382. The van der Waals surface area contributed by atoms with Gasteiger partial charge in [-0.15, -0.1) is 0 Å². The first-order chi connectivity index (χ1) is 13.9. The van der Waals surface area contributed by atoms with Crippen LogP contribution in [-0.2, 0) is 29.9 Å². The molecule has 0 bridgehead atoms. The second-order valence-corrected chi connectivity index (χ2v) is 9.97. The van der Waals surface area contributed by atoms with Crippen LogP contribution in [0.4, 0.5) is 5.82 Å². The van der Waals surface area contributed by atoms with E-state index in [1.54, 1.807) is 24.0 Å². The molecule has 4 heterocycles. The number of sulfonamides is 1. The van der Waals surface area contributed by atoms with Crippen molar-refractivity contribution in [1.29, 1.82) is 0 Å². The van der Waals surface area contributed by atoms with Crippen LogP contribution >= 0.6 is 0 Å². The maximum absolute atomic E-state index is 12.8. The average Bonchev–Trinajstić information content (AvgIpc) is 3.31. The van der Waals surface area contributed by atoms with Crippen molar-refractivity contribution in [3.63, 3.8) is 0 Å². The summed E-state index contributed by atoms with van der Waals surface area (Å²) >= 11 is 0. The second kappa shape index (κ2) is 6.81. The van der Waals surface area contributed by atoms with Crippen molar-refractivity contribution in [2.75, 3.05) is 31.1 Å². The molecule has 0 amide bonds. The van der Waals surface area contributed by atoms with Gasteiger partial charge in [-0.3, -0.25) is 0 Å². The molecule has 1 atom stereocenters. The molecule has 0 radical (unpaired) electrons. The molecule has 10 heteroatoms. The smallest absolute Gasteiger partial charge is 0.262 e. The van der Waals surface area contributed by atoms with Crippen LogP contribution in [0.3, 0.4) is 0 Å². The van der Waals surface area contributed by atoms with Crippen LogP contribution in [0.15, 0.2) is 29.9 Å². The van der Waals surface area contributed by atoms with Crippen molar-refractivity contribution in [3.8, 4) is 0 Å². The third kappa shape index (κ3) is 3.10. The van der Waals surface area contributed by atoms with E-state index >= 15 is 0 Å². The van der Waals surface area contributed by atoms with E-state index in [0.29, 0.717) is 32.1 Å². The topological polar surface area (TPSA) is 88.6 Å². The van der Waals surface area contributed by atoms with Gasteiger partial charge in [-0.25, -0.2) is 22.9 Å². The minimum Gasteiger partial charge on any atom is -0.352 e. The fourth-order valence-electron chi connectivity index (χ4n) is 4.36. The van der Waals surface area contributed by atoms with E-state index in [0.717, 1.165) is 24.2 Å². The molecular weight excluding hydrogens is 390 g/mol. The van der Waals surface area contributed by atoms with Crippen LogP contribution < -0.4 is 4.90 Å². The fourth-order valence-corrected chi connectivity index (χ4v) is 5.75. The number of imidazole rings is 1. The maximum atomic E-state index is 12.8. The van der Waals surface area contributed by atoms with E-state index in [9.17, 15) is 8.42 Å². The summed E-state index contributed by atoms with van der Waals surface area (Å²) in [5.74, 6) is 1.55. The number of rotatable bonds is 3. The highest BCUT2D eigenvalue weighted by atomic mass is 32.2. The first-order valence-corrected chi connectivity index (χ1v) is 11.5. The van der Waals surface area contributed by atoms with Crippen molar-refractivity contribution in [1.82, 2.24) is 28.5 Å². The first kappa shape index (κ1) is 18.6. The van der Waals surface area contributed by atoms with Crippen molar-refractivity contribution < 1.29 is 8.42 Å². The standard InChI is InChI=1S/C19H25N7O2S/c1-14-3-4-16-15(11-14)18-19(20-5-6-26(18)22-16)24-7-9-25(10-8-24)29(27,28)17-12-23(2)13-21-17/h5-6,12-14H,3-4,7-11H2,1-2H3/t14-/m1/s1. The average molecular weight is 416 g/mol. The number of hydrogen-bond acceptors (Lipinski definition) is 6. The third-order valence-electron chi connectivity index (χ3n) is 5.96. The van der Waals surface area contributed by atoms with Crippen molar-refractivity contribution >= 4 is 21.4 Å². The predicted octanol–water partition coefficient (Wildman–Crippen LogP) is 1.10. The molecule has 0 spiro atoms. The molecule has 154 valence electrons. The molecule has 3 aromatic rings. The van der Waals surface area contributed by atoms with E-state index in [4.69, 9.17) is 5.10 Å². The van der Waals surface area contributed by atoms with Gasteiger partial charge in [-0.05, 0) is 25.2 Å². The Labute approximate surface area is 170 Å². The van der Waals surface area contributed by atoms with E-state index in [-0.39, 0.29) is 5.03 Å². The molecule has 1 aliphatic heterocycles. The van der Waals surface area contributed by atoms with Crippen LogP contribution in [0.1, 0.15) is 24.6 Å². The van der Waals surface area contributed by atoms with Gasteiger partial charge in [0.1, 0.15) is 5.52 Å². The molecule has 1 fully saturated rings. The SMILES string of the molecule is C[C@@H]1CCc2nn3ccnc(N4CCN(S(=O)(=O)c5cn(C)cn5)CC4)c3c2C1. The molecule has 5 rings (SSSR count). The van der Waals surface area contributed by atoms with Gasteiger partial charge in [0.15, 0.2) is 10.8 Å². The van der Waals surface area contributed by atoms with Gasteiger partial charge in [0, 0.05) is 57.4 Å². The molecule has 0 aromatic carbocycles. The van der Waals surface area contributed by atoms with E-state index < -0.39 is 10.0 Å². The highest BCUT2D eigenvalue weighted by Crippen LogP contribution is 2.32. The molecule has 2 aliphatic rings. The normalized spacial score (nSPS) is 20.9. The van der Waals surface area contributed by atoms with Gasteiger partial charge in [0.05, 0.1) is 12.0 Å². The summed E-state index contributed by atoms with van der Waals surface area (Å²) < 4.78 is 30.8. The Morgan fingerprint density at radius 3 is 2.66 bits per heavy atom. The number of aromatic nitrogens is 5. The summed E-state index contributed by atoms with van der Waals surface area (Å²) in [6, 6.07) is 0. The van der Waals surface area contributed by atoms with Gasteiger partial charge in [0.2, 0.25) is 0 Å². The number of anilines is 1. The molecule has 0 N–H and O–H groups in total. The van der Waals surface area contributed by atoms with Crippen LogP contribution in [0, 0.1) is 5.92 Å². The molecule has 29 heavy (non-hydrogen) atoms. The van der Waals surface area contributed by atoms with Crippen LogP contribution in [0.5, 0.6) is 0 Å². The molecule has 9 nitrogen and oxygen atoms in total. The molecule has 1 aliphatic carbocycles. The molecule has 0 unspecified atom stereocenters. The molecular formula is C19H25N7O2S. The van der Waals surface area contributed by atoms with Gasteiger partial charge in [-0.1, -0.05) is 6.92 Å². The maximum Gasteiger partial charge on any atom is 0.262 e. The monoisotopic (exact) mass is 415 g/mol. The van der Waals surface area contributed by atoms with Gasteiger partial charge < -0.3 is 9.47 Å². The zero-order valence-corrected chi connectivity index (χ0v) is 17.5. The Morgan fingerprint density at radius 1 is 1.14 bits per heavy atom. The lowest BCUT2D eigenvalue weighted by atomic mass is 9.88. The van der Waals surface area contributed by atoms with Gasteiger partial charge in [0.25, 0.3) is 10.0 Å². The minimum absolute atomic E-state index is 0.104. The molecule has 3 aromatic heterocycles. The van der Waals surface area contributed by atoms with Crippen molar-refractivity contribution in [2.24, 2.45) is 13.0 Å². The number of fused-ring (bicyclic) bond motifs is 3. The van der Waals surface area contributed by atoms with Crippen LogP contribution in [-0.4, -0.2) is 63.1 Å². The summed E-state index contributed by atoms with van der Waals surface area (Å²) in [4.78, 5) is 10.9. The van der Waals surface area contributed by atoms with Gasteiger partial charge in [-0.2, -0.15) is 9.40 Å².